The molecule has 3 bridgehead atoms. The lowest BCUT2D eigenvalue weighted by atomic mass is 9.52. The number of rotatable bonds is 0. The number of pyridine rings is 1. The zero-order chi connectivity index (χ0) is 16.3. The van der Waals surface area contributed by atoms with E-state index in [2.05, 4.69) is 36.2 Å². The number of hydrogen-bond acceptors (Lipinski definition) is 3. The van der Waals surface area contributed by atoms with Gasteiger partial charge in [-0.25, -0.2) is 0 Å². The summed E-state index contributed by atoms with van der Waals surface area (Å²) in [5, 5.41) is 0. The molecule has 3 fully saturated rings. The molecule has 3 saturated carbocycles. The van der Waals surface area contributed by atoms with E-state index in [9.17, 15) is 9.59 Å². The summed E-state index contributed by atoms with van der Waals surface area (Å²) in [6, 6.07) is 10.6. The molecule has 0 aliphatic heterocycles. The molecule has 3 atom stereocenters. The van der Waals surface area contributed by atoms with Gasteiger partial charge in [0.15, 0.2) is 0 Å². The van der Waals surface area contributed by atoms with E-state index in [0.717, 1.165) is 11.3 Å². The highest BCUT2D eigenvalue weighted by molar-refractivity contribution is 6.15. The molecular weight excluding hydrogens is 298 g/mol. The fraction of sp³-hybridized carbons (Fsp3) is 0.381. The molecule has 1 aromatic carbocycles. The molecule has 0 amide bonds. The molecule has 118 valence electrons. The Morgan fingerprint density at radius 3 is 2.42 bits per heavy atom. The number of ketones is 2. The zero-order valence-corrected chi connectivity index (χ0v) is 13.6. The minimum Gasteiger partial charge on any atom is -0.299 e. The molecule has 0 saturated heterocycles. The van der Waals surface area contributed by atoms with Crippen molar-refractivity contribution in [1.29, 1.82) is 0 Å². The molecule has 0 N–H and O–H groups in total. The van der Waals surface area contributed by atoms with Crippen LogP contribution >= 0.6 is 0 Å². The van der Waals surface area contributed by atoms with Crippen LogP contribution in [0.3, 0.4) is 0 Å². The Hall–Kier alpha value is -2.29. The normalized spacial score (nSPS) is 37.4. The predicted molar refractivity (Wildman–Crippen MR) is 88.7 cm³/mol. The standard InChI is InChI=1S/C21H17NO2/c1-12-4-5-13-15(7-12)21-9-17(24)19(11-21)10-20(21,8-16(19)23)14-3-2-6-22-18(13)14/h2-7H,8-11H2,1H3/t19-,20?,21?/m1/s1. The molecule has 4 aliphatic rings. The van der Waals surface area contributed by atoms with Crippen molar-refractivity contribution in [2.45, 2.75) is 43.4 Å². The zero-order valence-electron chi connectivity index (χ0n) is 13.6. The first-order valence-electron chi connectivity index (χ1n) is 8.66. The number of fused-ring (bicyclic) bond motifs is 3. The van der Waals surface area contributed by atoms with Crippen molar-refractivity contribution in [3.63, 3.8) is 0 Å². The Balaban J connectivity index is 1.79. The first-order chi connectivity index (χ1) is 11.5. The first-order valence-corrected chi connectivity index (χ1v) is 8.66. The minimum atomic E-state index is -0.710. The summed E-state index contributed by atoms with van der Waals surface area (Å²) >= 11 is 0. The van der Waals surface area contributed by atoms with Crippen LogP contribution in [0.25, 0.3) is 11.3 Å². The van der Waals surface area contributed by atoms with Crippen LogP contribution in [-0.4, -0.2) is 16.6 Å². The summed E-state index contributed by atoms with van der Waals surface area (Å²) in [5.74, 6) is 0.354. The van der Waals surface area contributed by atoms with Gasteiger partial charge in [0, 0.05) is 35.4 Å². The number of hydrogen-bond donors (Lipinski definition) is 0. The Kier molecular flexibility index (Phi) is 1.92. The van der Waals surface area contributed by atoms with Crippen molar-refractivity contribution in [2.75, 3.05) is 0 Å². The summed E-state index contributed by atoms with van der Waals surface area (Å²) in [6.45, 7) is 2.10. The van der Waals surface area contributed by atoms with Crippen LogP contribution in [0.15, 0.2) is 36.5 Å². The number of aromatic nitrogens is 1. The van der Waals surface area contributed by atoms with E-state index >= 15 is 0 Å². The van der Waals surface area contributed by atoms with Crippen LogP contribution in [0, 0.1) is 12.3 Å². The number of aryl methyl sites for hydroxylation is 1. The van der Waals surface area contributed by atoms with Crippen LogP contribution in [0.4, 0.5) is 0 Å². The topological polar surface area (TPSA) is 47.0 Å². The summed E-state index contributed by atoms with van der Waals surface area (Å²) in [6.07, 6.45) is 4.27. The Bertz CT molecular complexity index is 993. The largest absolute Gasteiger partial charge is 0.299 e. The van der Waals surface area contributed by atoms with Crippen molar-refractivity contribution in [2.24, 2.45) is 5.41 Å². The fourth-order valence-electron chi connectivity index (χ4n) is 6.49. The third-order valence-corrected chi connectivity index (χ3v) is 7.38. The lowest BCUT2D eigenvalue weighted by Crippen LogP contribution is -2.48. The van der Waals surface area contributed by atoms with Crippen LogP contribution in [-0.2, 0) is 20.4 Å². The van der Waals surface area contributed by atoms with E-state index in [4.69, 9.17) is 0 Å². The average molecular weight is 315 g/mol. The third-order valence-electron chi connectivity index (χ3n) is 7.38. The molecule has 1 aromatic heterocycles. The number of carbonyl (C=O) groups excluding carboxylic acids is 2. The third kappa shape index (κ3) is 1.06. The smallest absolute Gasteiger partial charge is 0.147 e. The van der Waals surface area contributed by atoms with E-state index < -0.39 is 5.41 Å². The summed E-state index contributed by atoms with van der Waals surface area (Å²) in [4.78, 5) is 30.4. The molecular formula is C21H17NO2. The van der Waals surface area contributed by atoms with Crippen molar-refractivity contribution >= 4 is 11.6 Å². The summed E-state index contributed by atoms with van der Waals surface area (Å²) in [7, 11) is 0. The van der Waals surface area contributed by atoms with Gasteiger partial charge >= 0.3 is 0 Å². The second kappa shape index (κ2) is 3.53. The SMILES string of the molecule is Cc1ccc2c(c1)C13CC(=O)[C@@]4(C1)CC3(CC4=O)c1cccnc1-2. The van der Waals surface area contributed by atoms with Gasteiger partial charge < -0.3 is 0 Å². The van der Waals surface area contributed by atoms with Gasteiger partial charge in [-0.2, -0.15) is 0 Å². The molecule has 24 heavy (non-hydrogen) atoms. The molecule has 0 radical (unpaired) electrons. The molecule has 2 aromatic rings. The highest BCUT2D eigenvalue weighted by atomic mass is 16.2. The maximum absolute atomic E-state index is 12.8. The minimum absolute atomic E-state index is 0.173. The second-order valence-corrected chi connectivity index (χ2v) is 8.25. The number of carbonyl (C=O) groups is 2. The van der Waals surface area contributed by atoms with E-state index in [1.807, 2.05) is 12.3 Å². The van der Waals surface area contributed by atoms with E-state index in [1.54, 1.807) is 0 Å². The Labute approximate surface area is 140 Å². The first kappa shape index (κ1) is 13.1. The van der Waals surface area contributed by atoms with E-state index in [0.29, 0.717) is 25.7 Å². The highest BCUT2D eigenvalue weighted by Crippen LogP contribution is 2.78. The number of benzene rings is 1. The predicted octanol–water partition coefficient (Wildman–Crippen LogP) is 3.27. The number of nitrogens with zero attached hydrogens (tertiary/aromatic N) is 1. The molecule has 1 heterocycles. The Morgan fingerprint density at radius 2 is 1.67 bits per heavy atom. The van der Waals surface area contributed by atoms with Crippen LogP contribution < -0.4 is 0 Å². The van der Waals surface area contributed by atoms with Crippen molar-refractivity contribution in [1.82, 2.24) is 4.98 Å². The molecule has 6 rings (SSSR count). The van der Waals surface area contributed by atoms with Gasteiger partial charge in [-0.15, -0.1) is 0 Å². The summed E-state index contributed by atoms with van der Waals surface area (Å²) in [5.41, 5.74) is 4.71. The van der Waals surface area contributed by atoms with Crippen molar-refractivity contribution in [3.05, 3.63) is 53.2 Å². The average Bonchev–Trinajstić information content (AvgIpc) is 3.14. The van der Waals surface area contributed by atoms with Crippen LogP contribution in [0.5, 0.6) is 0 Å². The molecule has 3 heteroatoms. The summed E-state index contributed by atoms with van der Waals surface area (Å²) < 4.78 is 0. The van der Waals surface area contributed by atoms with Crippen LogP contribution in [0.2, 0.25) is 0 Å². The lowest BCUT2D eigenvalue weighted by Gasteiger charge is -2.50. The Morgan fingerprint density at radius 1 is 0.958 bits per heavy atom. The van der Waals surface area contributed by atoms with Gasteiger partial charge in [-0.05, 0) is 37.0 Å². The lowest BCUT2D eigenvalue weighted by molar-refractivity contribution is -0.136. The molecule has 4 aliphatic carbocycles. The maximum atomic E-state index is 12.8. The van der Waals surface area contributed by atoms with Gasteiger partial charge in [0.25, 0.3) is 0 Å². The van der Waals surface area contributed by atoms with Gasteiger partial charge in [0.2, 0.25) is 0 Å². The highest BCUT2D eigenvalue weighted by Gasteiger charge is 2.80. The monoisotopic (exact) mass is 315 g/mol. The second-order valence-electron chi connectivity index (χ2n) is 8.25. The molecule has 3 spiro atoms. The van der Waals surface area contributed by atoms with Gasteiger partial charge in [-0.1, -0.05) is 29.8 Å². The molecule has 3 nitrogen and oxygen atoms in total. The molecule has 2 unspecified atom stereocenters. The van der Waals surface area contributed by atoms with Crippen LogP contribution in [0.1, 0.15) is 42.4 Å². The van der Waals surface area contributed by atoms with Gasteiger partial charge in [-0.3, -0.25) is 14.6 Å². The van der Waals surface area contributed by atoms with E-state index in [-0.39, 0.29) is 22.4 Å². The van der Waals surface area contributed by atoms with E-state index in [1.165, 1.54) is 16.7 Å². The van der Waals surface area contributed by atoms with Gasteiger partial charge in [0.05, 0.1) is 11.1 Å². The number of Topliss-reactive ketones (excluding diaryl/α,β-unsaturated/α-hetero) is 2. The van der Waals surface area contributed by atoms with Crippen molar-refractivity contribution < 1.29 is 9.59 Å². The fourth-order valence-corrected chi connectivity index (χ4v) is 6.49. The van der Waals surface area contributed by atoms with Gasteiger partial charge in [0.1, 0.15) is 11.6 Å². The maximum Gasteiger partial charge on any atom is 0.147 e. The quantitative estimate of drug-likeness (QED) is 0.701. The van der Waals surface area contributed by atoms with Crippen molar-refractivity contribution in [3.8, 4) is 11.3 Å².